The Bertz CT molecular complexity index is 535. The molecule has 0 aliphatic heterocycles. The minimum atomic E-state index is -3.67. The van der Waals surface area contributed by atoms with E-state index in [-0.39, 0.29) is 10.9 Å². The Balaban J connectivity index is 2.57. The Morgan fingerprint density at radius 3 is 2.44 bits per heavy atom. The van der Waals surface area contributed by atoms with Gasteiger partial charge in [0.05, 0.1) is 4.90 Å². The van der Waals surface area contributed by atoms with Crippen molar-refractivity contribution in [1.82, 2.24) is 10.6 Å². The quantitative estimate of drug-likeness (QED) is 0.748. The summed E-state index contributed by atoms with van der Waals surface area (Å²) in [6, 6.07) is 5.65. The zero-order chi connectivity index (χ0) is 13.6. The maximum atomic E-state index is 11.2. The van der Waals surface area contributed by atoms with Gasteiger partial charge in [-0.05, 0) is 24.6 Å². The number of carbonyl (C=O) groups is 1. The molecule has 0 atom stereocenters. The molecule has 1 aromatic rings. The number of primary sulfonamides is 1. The van der Waals surface area contributed by atoms with Gasteiger partial charge in [0.1, 0.15) is 0 Å². The first-order chi connectivity index (χ1) is 8.43. The lowest BCUT2D eigenvalue weighted by Crippen LogP contribution is -2.31. The van der Waals surface area contributed by atoms with Gasteiger partial charge in [0.2, 0.25) is 10.0 Å². The molecule has 0 radical (unpaired) electrons. The van der Waals surface area contributed by atoms with Crippen molar-refractivity contribution in [1.29, 1.82) is 0 Å². The highest BCUT2D eigenvalue weighted by Crippen LogP contribution is 2.08. The average molecular weight is 269 g/mol. The van der Waals surface area contributed by atoms with Crippen molar-refractivity contribution < 1.29 is 13.2 Å². The van der Waals surface area contributed by atoms with Gasteiger partial charge in [0, 0.05) is 12.7 Å². The molecule has 0 unspecified atom stereocenters. The fourth-order valence-corrected chi connectivity index (χ4v) is 1.70. The van der Waals surface area contributed by atoms with Gasteiger partial charge < -0.3 is 10.6 Å². The highest BCUT2D eigenvalue weighted by molar-refractivity contribution is 7.89. The van der Waals surface area contributed by atoms with Gasteiger partial charge >= 0.3 is 6.03 Å². The summed E-state index contributed by atoms with van der Waals surface area (Å²) in [7, 11) is -3.67. The molecule has 2 amide bonds. The van der Waals surface area contributed by atoms with Gasteiger partial charge in [-0.2, -0.15) is 0 Å². The lowest BCUT2D eigenvalue weighted by atomic mass is 10.2. The van der Waals surface area contributed by atoms with E-state index in [2.05, 4.69) is 10.6 Å². The number of sulfonamides is 1. The fourth-order valence-electron chi connectivity index (χ4n) is 1.19. The lowest BCUT2D eigenvalue weighted by molar-refractivity contribution is 0.243. The van der Waals surface area contributed by atoms with Crippen LogP contribution in [0.15, 0.2) is 41.4 Å². The van der Waals surface area contributed by atoms with Gasteiger partial charge in [0.25, 0.3) is 0 Å². The highest BCUT2D eigenvalue weighted by atomic mass is 32.2. The van der Waals surface area contributed by atoms with Gasteiger partial charge in [-0.1, -0.05) is 18.2 Å². The molecule has 0 saturated carbocycles. The molecule has 1 rings (SSSR count). The smallest absolute Gasteiger partial charge is 0.319 e. The van der Waals surface area contributed by atoms with E-state index in [0.29, 0.717) is 6.54 Å². The maximum absolute atomic E-state index is 11.2. The van der Waals surface area contributed by atoms with E-state index in [9.17, 15) is 13.2 Å². The second-order valence-corrected chi connectivity index (χ2v) is 5.08. The van der Waals surface area contributed by atoms with Crippen molar-refractivity contribution in [2.24, 2.45) is 5.14 Å². The SMILES string of the molecule is C/C=C/NC(=O)NCc1ccc(S(N)(=O)=O)cc1. The van der Waals surface area contributed by atoms with Crippen molar-refractivity contribution in [2.45, 2.75) is 18.4 Å². The lowest BCUT2D eigenvalue weighted by Gasteiger charge is -2.05. The van der Waals surface area contributed by atoms with Crippen LogP contribution >= 0.6 is 0 Å². The molecule has 0 aromatic heterocycles. The van der Waals surface area contributed by atoms with Gasteiger partial charge in [-0.15, -0.1) is 0 Å². The molecular weight excluding hydrogens is 254 g/mol. The van der Waals surface area contributed by atoms with E-state index in [4.69, 9.17) is 5.14 Å². The van der Waals surface area contributed by atoms with Crippen LogP contribution in [0.2, 0.25) is 0 Å². The Labute approximate surface area is 106 Å². The Kier molecular flexibility index (Phi) is 4.87. The third-order valence-electron chi connectivity index (χ3n) is 2.09. The van der Waals surface area contributed by atoms with Crippen LogP contribution in [-0.2, 0) is 16.6 Å². The molecule has 0 bridgehead atoms. The van der Waals surface area contributed by atoms with Crippen LogP contribution in [0.3, 0.4) is 0 Å². The molecule has 7 heteroatoms. The molecule has 4 N–H and O–H groups in total. The number of allylic oxidation sites excluding steroid dienone is 1. The first-order valence-corrected chi connectivity index (χ1v) is 6.75. The number of hydrogen-bond acceptors (Lipinski definition) is 3. The number of urea groups is 1. The second kappa shape index (κ2) is 6.18. The minimum Gasteiger partial charge on any atom is -0.334 e. The number of carbonyl (C=O) groups excluding carboxylic acids is 1. The molecule has 18 heavy (non-hydrogen) atoms. The van der Waals surface area contributed by atoms with E-state index in [1.807, 2.05) is 0 Å². The maximum Gasteiger partial charge on any atom is 0.319 e. The molecule has 1 aromatic carbocycles. The first kappa shape index (κ1) is 14.2. The molecule has 0 fully saturated rings. The number of amides is 2. The number of benzene rings is 1. The molecule has 0 aliphatic rings. The average Bonchev–Trinajstić information content (AvgIpc) is 2.33. The summed E-state index contributed by atoms with van der Waals surface area (Å²) in [5.41, 5.74) is 0.776. The highest BCUT2D eigenvalue weighted by Gasteiger charge is 2.06. The van der Waals surface area contributed by atoms with Crippen molar-refractivity contribution in [2.75, 3.05) is 0 Å². The van der Waals surface area contributed by atoms with Gasteiger partial charge in [-0.25, -0.2) is 18.4 Å². The fraction of sp³-hybridized carbons (Fsp3) is 0.182. The van der Waals surface area contributed by atoms with Crippen LogP contribution in [0.25, 0.3) is 0 Å². The number of nitrogens with two attached hydrogens (primary N) is 1. The summed E-state index contributed by atoms with van der Waals surface area (Å²) in [4.78, 5) is 11.3. The predicted octanol–water partition coefficient (Wildman–Crippen LogP) is 0.667. The Hall–Kier alpha value is -1.86. The number of rotatable bonds is 4. The molecule has 0 saturated heterocycles. The van der Waals surface area contributed by atoms with E-state index >= 15 is 0 Å². The van der Waals surface area contributed by atoms with Crippen LogP contribution in [0.4, 0.5) is 4.79 Å². The Morgan fingerprint density at radius 1 is 1.33 bits per heavy atom. The zero-order valence-corrected chi connectivity index (χ0v) is 10.7. The van der Waals surface area contributed by atoms with Crippen LogP contribution in [-0.4, -0.2) is 14.4 Å². The van der Waals surface area contributed by atoms with E-state index in [1.165, 1.54) is 18.3 Å². The summed E-state index contributed by atoms with van der Waals surface area (Å²) < 4.78 is 22.0. The summed E-state index contributed by atoms with van der Waals surface area (Å²) in [5.74, 6) is 0. The van der Waals surface area contributed by atoms with E-state index < -0.39 is 10.0 Å². The zero-order valence-electron chi connectivity index (χ0n) is 9.88. The molecule has 0 aliphatic carbocycles. The van der Waals surface area contributed by atoms with Crippen molar-refractivity contribution in [3.63, 3.8) is 0 Å². The molecule has 6 nitrogen and oxygen atoms in total. The summed E-state index contributed by atoms with van der Waals surface area (Å²) in [6.07, 6.45) is 3.21. The van der Waals surface area contributed by atoms with Crippen LogP contribution in [0, 0.1) is 0 Å². The first-order valence-electron chi connectivity index (χ1n) is 5.21. The number of nitrogens with one attached hydrogen (secondary N) is 2. The molecule has 98 valence electrons. The predicted molar refractivity (Wildman–Crippen MR) is 68.0 cm³/mol. The van der Waals surface area contributed by atoms with Crippen LogP contribution < -0.4 is 15.8 Å². The third-order valence-corrected chi connectivity index (χ3v) is 3.02. The van der Waals surface area contributed by atoms with Gasteiger partial charge in [0.15, 0.2) is 0 Å². The van der Waals surface area contributed by atoms with Crippen molar-refractivity contribution in [3.8, 4) is 0 Å². The van der Waals surface area contributed by atoms with E-state index in [0.717, 1.165) is 5.56 Å². The second-order valence-electron chi connectivity index (χ2n) is 3.52. The molecule has 0 spiro atoms. The normalized spacial score (nSPS) is 11.4. The van der Waals surface area contributed by atoms with Crippen LogP contribution in [0.1, 0.15) is 12.5 Å². The van der Waals surface area contributed by atoms with Crippen molar-refractivity contribution >= 4 is 16.1 Å². The monoisotopic (exact) mass is 269 g/mol. The number of hydrogen-bond donors (Lipinski definition) is 3. The third kappa shape index (κ3) is 4.56. The largest absolute Gasteiger partial charge is 0.334 e. The molecule has 0 heterocycles. The molecular formula is C11H15N3O3S. The van der Waals surface area contributed by atoms with E-state index in [1.54, 1.807) is 25.1 Å². The summed E-state index contributed by atoms with van der Waals surface area (Å²) >= 11 is 0. The van der Waals surface area contributed by atoms with Crippen molar-refractivity contribution in [3.05, 3.63) is 42.1 Å². The standard InChI is InChI=1S/C11H15N3O3S/c1-2-7-13-11(15)14-8-9-3-5-10(6-4-9)18(12,16)17/h2-7H,8H2,1H3,(H2,12,16,17)(H2,13,14,15)/b7-2+. The summed E-state index contributed by atoms with van der Waals surface area (Å²) in [5, 5.41) is 10.1. The summed E-state index contributed by atoms with van der Waals surface area (Å²) in [6.45, 7) is 2.08. The topological polar surface area (TPSA) is 101 Å². The Morgan fingerprint density at radius 2 is 1.94 bits per heavy atom. The minimum absolute atomic E-state index is 0.0459. The van der Waals surface area contributed by atoms with Crippen LogP contribution in [0.5, 0.6) is 0 Å². The van der Waals surface area contributed by atoms with Gasteiger partial charge in [-0.3, -0.25) is 0 Å².